The van der Waals surface area contributed by atoms with Gasteiger partial charge in [0.25, 0.3) is 11.6 Å². The number of hydrogen-bond donors (Lipinski definition) is 1. The van der Waals surface area contributed by atoms with Crippen LogP contribution in [0.25, 0.3) is 0 Å². The Morgan fingerprint density at radius 3 is 2.52 bits per heavy atom. The highest BCUT2D eigenvalue weighted by atomic mass is 16.6. The van der Waals surface area contributed by atoms with E-state index in [1.54, 1.807) is 13.0 Å². The average molecular weight is 349 g/mol. The summed E-state index contributed by atoms with van der Waals surface area (Å²) in [5, 5.41) is 20.4. The van der Waals surface area contributed by atoms with Crippen LogP contribution in [0, 0.1) is 16.0 Å². The van der Waals surface area contributed by atoms with Crippen molar-refractivity contribution >= 4 is 23.3 Å². The molecule has 0 bridgehead atoms. The summed E-state index contributed by atoms with van der Waals surface area (Å²) in [7, 11) is 0. The smallest absolute Gasteiger partial charge is 0.323 e. The normalized spacial score (nSPS) is 15.0. The molecule has 136 valence electrons. The molecule has 1 fully saturated rings. The topological polar surface area (TPSA) is 104 Å². The van der Waals surface area contributed by atoms with Crippen LogP contribution in [0.5, 0.6) is 0 Å². The van der Waals surface area contributed by atoms with Gasteiger partial charge >= 0.3 is 5.97 Å². The quantitative estimate of drug-likeness (QED) is 0.624. The van der Waals surface area contributed by atoms with E-state index < -0.39 is 23.3 Å². The number of carboxylic acids is 1. The van der Waals surface area contributed by atoms with Crippen molar-refractivity contribution in [3.63, 3.8) is 0 Å². The molecule has 1 aliphatic heterocycles. The van der Waals surface area contributed by atoms with E-state index in [0.29, 0.717) is 11.6 Å². The van der Waals surface area contributed by atoms with Crippen LogP contribution in [0.15, 0.2) is 18.2 Å². The lowest BCUT2D eigenvalue weighted by Gasteiger charge is -2.31. The predicted octanol–water partition coefficient (Wildman–Crippen LogP) is 2.38. The van der Waals surface area contributed by atoms with Crippen molar-refractivity contribution in [2.24, 2.45) is 5.92 Å². The van der Waals surface area contributed by atoms with E-state index >= 15 is 0 Å². The summed E-state index contributed by atoms with van der Waals surface area (Å²) in [5.74, 6) is -1.04. The van der Waals surface area contributed by atoms with Crippen LogP contribution in [0.4, 0.5) is 11.4 Å². The Balaban J connectivity index is 2.30. The van der Waals surface area contributed by atoms with Gasteiger partial charge in [0.15, 0.2) is 0 Å². The van der Waals surface area contributed by atoms with Gasteiger partial charge in [-0.15, -0.1) is 0 Å². The van der Waals surface area contributed by atoms with Gasteiger partial charge in [-0.05, 0) is 37.8 Å². The molecule has 0 unspecified atom stereocenters. The zero-order valence-electron chi connectivity index (χ0n) is 14.5. The second-order valence-electron chi connectivity index (χ2n) is 6.34. The molecule has 2 rings (SSSR count). The minimum absolute atomic E-state index is 0.119. The summed E-state index contributed by atoms with van der Waals surface area (Å²) < 4.78 is 0. The Labute approximate surface area is 146 Å². The standard InChI is InChI=1S/C17H23N3O5/c1-3-18(11-16(21)22)17(23)13-4-5-14(15(10-13)20(24)25)19-8-6-12(2)7-9-19/h4-5,10,12H,3,6-9,11H2,1-2H3,(H,21,22). The highest BCUT2D eigenvalue weighted by Gasteiger charge is 2.26. The number of hydrogen-bond acceptors (Lipinski definition) is 5. The molecule has 1 heterocycles. The summed E-state index contributed by atoms with van der Waals surface area (Å²) in [5.41, 5.74) is 0.519. The van der Waals surface area contributed by atoms with Gasteiger partial charge in [-0.1, -0.05) is 6.92 Å². The van der Waals surface area contributed by atoms with E-state index in [-0.39, 0.29) is 17.8 Å². The molecule has 1 aliphatic rings. The SMILES string of the molecule is CCN(CC(=O)O)C(=O)c1ccc(N2CCC(C)CC2)c([N+](=O)[O-])c1. The van der Waals surface area contributed by atoms with Crippen molar-refractivity contribution in [2.45, 2.75) is 26.7 Å². The number of nitro groups is 1. The first-order chi connectivity index (χ1) is 11.8. The van der Waals surface area contributed by atoms with E-state index in [1.807, 2.05) is 4.90 Å². The third-order valence-electron chi connectivity index (χ3n) is 4.54. The fraction of sp³-hybridized carbons (Fsp3) is 0.529. The number of benzene rings is 1. The van der Waals surface area contributed by atoms with Crippen molar-refractivity contribution < 1.29 is 19.6 Å². The summed E-state index contributed by atoms with van der Waals surface area (Å²) >= 11 is 0. The third-order valence-corrected chi connectivity index (χ3v) is 4.54. The maximum Gasteiger partial charge on any atom is 0.323 e. The van der Waals surface area contributed by atoms with Gasteiger partial charge in [-0.2, -0.15) is 0 Å². The zero-order chi connectivity index (χ0) is 18.6. The van der Waals surface area contributed by atoms with Crippen LogP contribution in [-0.2, 0) is 4.79 Å². The Kier molecular flexibility index (Phi) is 5.95. The predicted molar refractivity (Wildman–Crippen MR) is 92.9 cm³/mol. The fourth-order valence-corrected chi connectivity index (χ4v) is 2.99. The number of carbonyl (C=O) groups is 2. The number of carboxylic acid groups (broad SMARTS) is 1. The van der Waals surface area contributed by atoms with Crippen LogP contribution in [0.3, 0.4) is 0 Å². The number of carbonyl (C=O) groups excluding carboxylic acids is 1. The molecular weight excluding hydrogens is 326 g/mol. The molecule has 8 heteroatoms. The lowest BCUT2D eigenvalue weighted by Crippen LogP contribution is -2.36. The van der Waals surface area contributed by atoms with Gasteiger partial charge in [0.1, 0.15) is 12.2 Å². The molecule has 1 saturated heterocycles. The molecule has 1 N–H and O–H groups in total. The fourth-order valence-electron chi connectivity index (χ4n) is 2.99. The van der Waals surface area contributed by atoms with E-state index in [0.717, 1.165) is 30.8 Å². The molecule has 0 aliphatic carbocycles. The Morgan fingerprint density at radius 1 is 1.36 bits per heavy atom. The first kappa shape index (κ1) is 18.7. The lowest BCUT2D eigenvalue weighted by molar-refractivity contribution is -0.384. The van der Waals surface area contributed by atoms with Crippen molar-refractivity contribution in [3.8, 4) is 0 Å². The van der Waals surface area contributed by atoms with Crippen LogP contribution < -0.4 is 4.90 Å². The van der Waals surface area contributed by atoms with Crippen molar-refractivity contribution in [1.82, 2.24) is 4.90 Å². The highest BCUT2D eigenvalue weighted by Crippen LogP contribution is 2.32. The number of anilines is 1. The Hall–Kier alpha value is -2.64. The van der Waals surface area contributed by atoms with Crippen molar-refractivity contribution in [3.05, 3.63) is 33.9 Å². The van der Waals surface area contributed by atoms with Gasteiger partial charge in [-0.25, -0.2) is 0 Å². The molecule has 0 aromatic heterocycles. The molecule has 25 heavy (non-hydrogen) atoms. The lowest BCUT2D eigenvalue weighted by atomic mass is 9.98. The van der Waals surface area contributed by atoms with Gasteiger partial charge in [0.05, 0.1) is 4.92 Å². The maximum atomic E-state index is 12.4. The highest BCUT2D eigenvalue weighted by molar-refractivity contribution is 5.97. The molecule has 1 aromatic carbocycles. The molecular formula is C17H23N3O5. The van der Waals surface area contributed by atoms with Gasteiger partial charge in [-0.3, -0.25) is 19.7 Å². The van der Waals surface area contributed by atoms with E-state index in [1.165, 1.54) is 12.1 Å². The van der Waals surface area contributed by atoms with Gasteiger partial charge in [0.2, 0.25) is 0 Å². The molecule has 0 saturated carbocycles. The molecule has 8 nitrogen and oxygen atoms in total. The Bertz CT molecular complexity index is 668. The minimum Gasteiger partial charge on any atom is -0.480 e. The van der Waals surface area contributed by atoms with Gasteiger partial charge in [0, 0.05) is 31.3 Å². The average Bonchev–Trinajstić information content (AvgIpc) is 2.59. The molecule has 0 atom stereocenters. The first-order valence-corrected chi connectivity index (χ1v) is 8.38. The summed E-state index contributed by atoms with van der Waals surface area (Å²) in [6.07, 6.45) is 1.94. The second-order valence-corrected chi connectivity index (χ2v) is 6.34. The number of nitrogens with zero attached hydrogens (tertiary/aromatic N) is 3. The number of aliphatic carboxylic acids is 1. The van der Waals surface area contributed by atoms with E-state index in [2.05, 4.69) is 6.92 Å². The van der Waals surface area contributed by atoms with Crippen LogP contribution in [-0.4, -0.2) is 53.0 Å². The number of piperidine rings is 1. The van der Waals surface area contributed by atoms with Gasteiger partial charge < -0.3 is 14.9 Å². The zero-order valence-corrected chi connectivity index (χ0v) is 14.5. The number of amides is 1. The number of likely N-dealkylation sites (N-methyl/N-ethyl adjacent to an activating group) is 1. The van der Waals surface area contributed by atoms with Crippen LogP contribution >= 0.6 is 0 Å². The van der Waals surface area contributed by atoms with E-state index in [9.17, 15) is 19.7 Å². The molecule has 1 aromatic rings. The summed E-state index contributed by atoms with van der Waals surface area (Å²) in [6.45, 7) is 5.10. The van der Waals surface area contributed by atoms with E-state index in [4.69, 9.17) is 5.11 Å². The monoisotopic (exact) mass is 349 g/mol. The summed E-state index contributed by atoms with van der Waals surface area (Å²) in [6, 6.07) is 4.38. The largest absolute Gasteiger partial charge is 0.480 e. The molecule has 0 radical (unpaired) electrons. The summed E-state index contributed by atoms with van der Waals surface area (Å²) in [4.78, 5) is 37.4. The van der Waals surface area contributed by atoms with Crippen molar-refractivity contribution in [1.29, 1.82) is 0 Å². The third kappa shape index (κ3) is 4.46. The number of nitro benzene ring substituents is 1. The Morgan fingerprint density at radius 2 is 2.00 bits per heavy atom. The maximum absolute atomic E-state index is 12.4. The van der Waals surface area contributed by atoms with Crippen LogP contribution in [0.1, 0.15) is 37.0 Å². The second kappa shape index (κ2) is 7.96. The number of rotatable bonds is 6. The molecule has 0 spiro atoms. The minimum atomic E-state index is -1.12. The van der Waals surface area contributed by atoms with Crippen LogP contribution in [0.2, 0.25) is 0 Å². The van der Waals surface area contributed by atoms with Crippen molar-refractivity contribution in [2.75, 3.05) is 31.1 Å². The first-order valence-electron chi connectivity index (χ1n) is 8.38. The molecule has 1 amide bonds.